The Morgan fingerprint density at radius 1 is 1.23 bits per heavy atom. The predicted molar refractivity (Wildman–Crippen MR) is 98.7 cm³/mol. The number of nitrogens with one attached hydrogen (secondary N) is 1. The maximum absolute atomic E-state index is 12.6. The average Bonchev–Trinajstić information content (AvgIpc) is 3.12. The van der Waals surface area contributed by atoms with Crippen LogP contribution in [0.25, 0.3) is 0 Å². The van der Waals surface area contributed by atoms with Crippen molar-refractivity contribution in [3.8, 4) is 0 Å². The zero-order valence-electron chi connectivity index (χ0n) is 15.0. The van der Waals surface area contributed by atoms with Crippen molar-refractivity contribution in [3.63, 3.8) is 0 Å². The molecule has 1 N–H and O–H groups in total. The molecule has 1 aliphatic rings. The van der Waals surface area contributed by atoms with Gasteiger partial charge in [-0.15, -0.1) is 0 Å². The van der Waals surface area contributed by atoms with Crippen molar-refractivity contribution in [1.82, 2.24) is 29.7 Å². The number of carbonyl (C=O) groups excluding carboxylic acids is 1. The number of amides is 1. The number of hydrogen-bond donors (Lipinski definition) is 1. The van der Waals surface area contributed by atoms with E-state index in [0.29, 0.717) is 18.3 Å². The molecule has 0 unspecified atom stereocenters. The van der Waals surface area contributed by atoms with E-state index in [4.69, 9.17) is 0 Å². The second-order valence-electron chi connectivity index (χ2n) is 6.34. The molecule has 136 valence electrons. The highest BCUT2D eigenvalue weighted by molar-refractivity contribution is 5.88. The number of aromatic nitrogens is 4. The van der Waals surface area contributed by atoms with Gasteiger partial charge in [-0.25, -0.2) is 15.0 Å². The smallest absolute Gasteiger partial charge is 0.246 e. The molecule has 1 atom stereocenters. The summed E-state index contributed by atoms with van der Waals surface area (Å²) in [5, 5.41) is 3.11. The van der Waals surface area contributed by atoms with Gasteiger partial charge in [0.2, 0.25) is 11.9 Å². The van der Waals surface area contributed by atoms with Crippen molar-refractivity contribution in [1.29, 1.82) is 0 Å². The van der Waals surface area contributed by atoms with Crippen molar-refractivity contribution < 1.29 is 4.79 Å². The van der Waals surface area contributed by atoms with Gasteiger partial charge in [-0.05, 0) is 33.0 Å². The van der Waals surface area contributed by atoms with Crippen LogP contribution in [-0.2, 0) is 4.79 Å². The second-order valence-corrected chi connectivity index (χ2v) is 6.34. The minimum absolute atomic E-state index is 0.00177. The van der Waals surface area contributed by atoms with Gasteiger partial charge in [-0.3, -0.25) is 9.78 Å². The molecule has 1 fully saturated rings. The number of likely N-dealkylation sites (tertiary alicyclic amines) is 1. The lowest BCUT2D eigenvalue weighted by Gasteiger charge is -2.24. The Balaban J connectivity index is 1.79. The highest BCUT2D eigenvalue weighted by Crippen LogP contribution is 2.34. The fourth-order valence-corrected chi connectivity index (χ4v) is 2.93. The van der Waals surface area contributed by atoms with Gasteiger partial charge in [0.25, 0.3) is 0 Å². The number of nitrogens with zero attached hydrogens (tertiary/aromatic N) is 6. The van der Waals surface area contributed by atoms with Crippen molar-refractivity contribution in [2.24, 2.45) is 0 Å². The SMILES string of the molecule is CN(C)C/C=C/C(=O)N1CCC[C@H]1c1nccnc1Nc1ncccn1. The van der Waals surface area contributed by atoms with E-state index in [1.165, 1.54) is 0 Å². The van der Waals surface area contributed by atoms with Crippen LogP contribution in [0, 0.1) is 0 Å². The van der Waals surface area contributed by atoms with Crippen LogP contribution < -0.4 is 5.32 Å². The van der Waals surface area contributed by atoms with E-state index >= 15 is 0 Å². The summed E-state index contributed by atoms with van der Waals surface area (Å²) in [7, 11) is 3.94. The Labute approximate surface area is 153 Å². The number of likely N-dealkylation sites (N-methyl/N-ethyl adjacent to an activating group) is 1. The van der Waals surface area contributed by atoms with Gasteiger partial charge in [0.1, 0.15) is 5.69 Å². The van der Waals surface area contributed by atoms with Crippen LogP contribution in [0.15, 0.2) is 43.0 Å². The molecule has 1 saturated heterocycles. The Morgan fingerprint density at radius 2 is 2.00 bits per heavy atom. The van der Waals surface area contributed by atoms with Gasteiger partial charge in [0.05, 0.1) is 6.04 Å². The van der Waals surface area contributed by atoms with Gasteiger partial charge in [0, 0.05) is 44.0 Å². The van der Waals surface area contributed by atoms with E-state index < -0.39 is 0 Å². The maximum Gasteiger partial charge on any atom is 0.246 e. The van der Waals surface area contributed by atoms with Crippen LogP contribution in [0.2, 0.25) is 0 Å². The van der Waals surface area contributed by atoms with Crippen LogP contribution in [0.3, 0.4) is 0 Å². The molecule has 0 aromatic carbocycles. The molecule has 3 rings (SSSR count). The van der Waals surface area contributed by atoms with Gasteiger partial charge in [-0.1, -0.05) is 6.08 Å². The third-order valence-electron chi connectivity index (χ3n) is 4.11. The van der Waals surface area contributed by atoms with Crippen LogP contribution in [0.1, 0.15) is 24.6 Å². The summed E-state index contributed by atoms with van der Waals surface area (Å²) in [4.78, 5) is 33.7. The first-order valence-corrected chi connectivity index (χ1v) is 8.62. The van der Waals surface area contributed by atoms with Crippen molar-refractivity contribution in [2.75, 3.05) is 32.5 Å². The normalized spacial score (nSPS) is 17.2. The maximum atomic E-state index is 12.6. The highest BCUT2D eigenvalue weighted by Gasteiger charge is 2.32. The van der Waals surface area contributed by atoms with Crippen LogP contribution in [-0.4, -0.2) is 62.8 Å². The number of anilines is 2. The minimum Gasteiger partial charge on any atom is -0.330 e. The average molecular weight is 353 g/mol. The molecule has 0 radical (unpaired) electrons. The Morgan fingerprint density at radius 3 is 2.77 bits per heavy atom. The third-order valence-corrected chi connectivity index (χ3v) is 4.11. The molecule has 0 aliphatic carbocycles. The zero-order valence-corrected chi connectivity index (χ0v) is 15.0. The third kappa shape index (κ3) is 4.40. The summed E-state index contributed by atoms with van der Waals surface area (Å²) in [5.41, 5.74) is 0.742. The predicted octanol–water partition coefficient (Wildman–Crippen LogP) is 1.79. The molecule has 2 aromatic rings. The van der Waals surface area contributed by atoms with Crippen molar-refractivity contribution in [2.45, 2.75) is 18.9 Å². The molecule has 1 amide bonds. The van der Waals surface area contributed by atoms with Gasteiger partial charge >= 0.3 is 0 Å². The van der Waals surface area contributed by atoms with E-state index in [1.807, 2.05) is 30.0 Å². The summed E-state index contributed by atoms with van der Waals surface area (Å²) in [6, 6.07) is 1.65. The topological polar surface area (TPSA) is 87.1 Å². The molecule has 2 aromatic heterocycles. The summed E-state index contributed by atoms with van der Waals surface area (Å²) < 4.78 is 0. The van der Waals surface area contributed by atoms with Crippen LogP contribution >= 0.6 is 0 Å². The fraction of sp³-hybridized carbons (Fsp3) is 0.389. The quantitative estimate of drug-likeness (QED) is 0.792. The molecule has 26 heavy (non-hydrogen) atoms. The van der Waals surface area contributed by atoms with E-state index in [-0.39, 0.29) is 11.9 Å². The van der Waals surface area contributed by atoms with E-state index in [2.05, 4.69) is 25.3 Å². The lowest BCUT2D eigenvalue weighted by Crippen LogP contribution is -2.30. The first kappa shape index (κ1) is 17.9. The van der Waals surface area contributed by atoms with Gasteiger partial charge in [-0.2, -0.15) is 0 Å². The lowest BCUT2D eigenvalue weighted by molar-refractivity contribution is -0.127. The largest absolute Gasteiger partial charge is 0.330 e. The summed E-state index contributed by atoms with van der Waals surface area (Å²) in [6.45, 7) is 1.45. The molecule has 8 heteroatoms. The standard InChI is InChI=1S/C18H23N7O/c1-24(2)12-4-7-15(26)25-13-3-6-14(25)16-17(20-11-10-19-16)23-18-21-8-5-9-22-18/h4-5,7-11,14H,3,6,12-13H2,1-2H3,(H,20,21,22,23)/b7-4+/t14-/m0/s1. The molecule has 0 spiro atoms. The number of carbonyl (C=O) groups is 1. The summed E-state index contributed by atoms with van der Waals surface area (Å²) in [6.07, 6.45) is 11.9. The Hall–Kier alpha value is -2.87. The molecule has 8 nitrogen and oxygen atoms in total. The highest BCUT2D eigenvalue weighted by atomic mass is 16.2. The zero-order chi connectivity index (χ0) is 18.4. The first-order chi connectivity index (χ1) is 12.6. The minimum atomic E-state index is -0.105. The van der Waals surface area contributed by atoms with Crippen molar-refractivity contribution >= 4 is 17.7 Å². The van der Waals surface area contributed by atoms with E-state index in [0.717, 1.165) is 25.1 Å². The molecule has 0 bridgehead atoms. The molecule has 0 saturated carbocycles. The van der Waals surface area contributed by atoms with E-state index in [9.17, 15) is 4.79 Å². The van der Waals surface area contributed by atoms with Gasteiger partial charge < -0.3 is 15.1 Å². The summed E-state index contributed by atoms with van der Waals surface area (Å²) >= 11 is 0. The molecule has 1 aliphatic heterocycles. The molecular formula is C18H23N7O. The summed E-state index contributed by atoms with van der Waals surface area (Å²) in [5.74, 6) is 1.04. The molecule has 3 heterocycles. The lowest BCUT2D eigenvalue weighted by atomic mass is 10.1. The van der Waals surface area contributed by atoms with Gasteiger partial charge in [0.15, 0.2) is 5.82 Å². The monoisotopic (exact) mass is 353 g/mol. The Bertz CT molecular complexity index is 763. The van der Waals surface area contributed by atoms with Crippen molar-refractivity contribution in [3.05, 3.63) is 48.7 Å². The fourth-order valence-electron chi connectivity index (χ4n) is 2.93. The number of hydrogen-bond acceptors (Lipinski definition) is 7. The number of rotatable bonds is 6. The molecular weight excluding hydrogens is 330 g/mol. The first-order valence-electron chi connectivity index (χ1n) is 8.62. The Kier molecular flexibility index (Phi) is 5.85. The van der Waals surface area contributed by atoms with Crippen LogP contribution in [0.4, 0.5) is 11.8 Å². The second kappa shape index (κ2) is 8.48. The van der Waals surface area contributed by atoms with Crippen LogP contribution in [0.5, 0.6) is 0 Å². The van der Waals surface area contributed by atoms with E-state index in [1.54, 1.807) is 36.9 Å².